The number of amides is 1. The molecule has 0 saturated carbocycles. The Bertz CT molecular complexity index is 894. The number of aromatic nitrogens is 1. The summed E-state index contributed by atoms with van der Waals surface area (Å²) < 4.78 is 32.9. The first kappa shape index (κ1) is 21.2. The Morgan fingerprint density at radius 1 is 1.46 bits per heavy atom. The van der Waals surface area contributed by atoms with Gasteiger partial charge >= 0.3 is 12.1 Å². The highest BCUT2D eigenvalue weighted by Crippen LogP contribution is 2.48. The van der Waals surface area contributed by atoms with Crippen molar-refractivity contribution in [3.8, 4) is 0 Å². The summed E-state index contributed by atoms with van der Waals surface area (Å²) in [6.45, 7) is 0.244. The predicted octanol–water partition coefficient (Wildman–Crippen LogP) is -1.99. The maximum Gasteiger partial charge on any atom is 0.430 e. The molecule has 4 heterocycles. The van der Waals surface area contributed by atoms with Crippen LogP contribution in [0.3, 0.4) is 0 Å². The third kappa shape index (κ3) is 2.97. The standard InChI is InChI=1S/C11H10Br2ClN5O2.C2HF3O2/c12-4-3-5(16-8(4)13)9(21)19-1-2(14)7(20)11(19)6(3)17-10(15)18-11;3-2(4,5)1(6)7/h2,6-7,16,20H,1H2,(H3,15,17,18);(H,6,7)/t2-,6?,7-,11?;/m0./s1. The first-order valence-electron chi connectivity index (χ1n) is 7.48. The summed E-state index contributed by atoms with van der Waals surface area (Å²) in [6.07, 6.45) is -6.14. The van der Waals surface area contributed by atoms with Gasteiger partial charge in [-0.2, -0.15) is 13.2 Å². The fourth-order valence-electron chi connectivity index (χ4n) is 3.50. The number of nitrogens with zero attached hydrogens (tertiary/aromatic N) is 1. The van der Waals surface area contributed by atoms with Crippen LogP contribution in [0.15, 0.2) is 9.08 Å². The van der Waals surface area contributed by atoms with E-state index in [9.17, 15) is 23.1 Å². The number of carbonyl (C=O) groups excluding carboxylic acids is 2. The molecule has 1 saturated heterocycles. The monoisotopic (exact) mass is 551 g/mol. The van der Waals surface area contributed by atoms with E-state index in [1.807, 2.05) is 0 Å². The van der Waals surface area contributed by atoms with E-state index >= 15 is 0 Å². The van der Waals surface area contributed by atoms with Gasteiger partial charge in [0.2, 0.25) is 5.66 Å². The number of alkyl halides is 4. The zero-order valence-corrected chi connectivity index (χ0v) is 17.3. The van der Waals surface area contributed by atoms with Gasteiger partial charge in [-0.1, -0.05) is 0 Å². The summed E-state index contributed by atoms with van der Waals surface area (Å²) in [7, 11) is 0. The molecule has 4 rings (SSSR count). The molecule has 9 nitrogen and oxygen atoms in total. The fraction of sp³-hybridized carbons (Fsp3) is 0.462. The van der Waals surface area contributed by atoms with Crippen molar-refractivity contribution in [3.63, 3.8) is 0 Å². The molecule has 4 atom stereocenters. The first-order valence-corrected chi connectivity index (χ1v) is 9.50. The van der Waals surface area contributed by atoms with Crippen molar-refractivity contribution in [3.05, 3.63) is 20.3 Å². The molecular formula is C13H11Br2ClF3N5O4. The van der Waals surface area contributed by atoms with E-state index < -0.39 is 35.3 Å². The molecule has 28 heavy (non-hydrogen) atoms. The number of aliphatic hydroxyl groups excluding tert-OH is 1. The van der Waals surface area contributed by atoms with Gasteiger partial charge in [-0.3, -0.25) is 20.4 Å². The minimum atomic E-state index is -5.19. The quantitative estimate of drug-likeness (QED) is 0.235. The summed E-state index contributed by atoms with van der Waals surface area (Å²) in [4.78, 5) is 29.2. The summed E-state index contributed by atoms with van der Waals surface area (Å²) in [6, 6.07) is -0.402. The third-order valence-electron chi connectivity index (χ3n) is 4.58. The Balaban J connectivity index is 0.000000279. The number of carboxylic acid groups (broad SMARTS) is 1. The molecule has 1 amide bonds. The van der Waals surface area contributed by atoms with Gasteiger partial charge in [0.25, 0.3) is 5.91 Å². The Labute approximate surface area is 176 Å². The maximum atomic E-state index is 12.8. The van der Waals surface area contributed by atoms with Crippen molar-refractivity contribution >= 4 is 61.3 Å². The molecule has 0 radical (unpaired) electrons. The van der Waals surface area contributed by atoms with Crippen LogP contribution in [-0.2, 0) is 4.79 Å². The second kappa shape index (κ2) is 6.78. The van der Waals surface area contributed by atoms with Crippen LogP contribution in [0.25, 0.3) is 0 Å². The van der Waals surface area contributed by atoms with Crippen LogP contribution >= 0.6 is 43.5 Å². The lowest BCUT2D eigenvalue weighted by Crippen LogP contribution is -2.79. The topological polar surface area (TPSA) is 148 Å². The van der Waals surface area contributed by atoms with Crippen LogP contribution in [0.2, 0.25) is 0 Å². The summed E-state index contributed by atoms with van der Waals surface area (Å²) in [5.74, 6) is -2.92. The number of fused-ring (bicyclic) bond motifs is 2. The largest absolute Gasteiger partial charge is 0.542 e. The highest BCUT2D eigenvalue weighted by molar-refractivity contribution is 9.13. The highest BCUT2D eigenvalue weighted by Gasteiger charge is 2.69. The number of aliphatic hydroxyl groups is 1. The summed E-state index contributed by atoms with van der Waals surface area (Å²) >= 11 is 13.0. The van der Waals surface area contributed by atoms with Crippen molar-refractivity contribution in [2.24, 2.45) is 5.73 Å². The molecule has 1 aromatic heterocycles. The van der Waals surface area contributed by atoms with Crippen molar-refractivity contribution < 1.29 is 38.0 Å². The molecule has 1 spiro atoms. The number of halogens is 6. The Kier molecular flexibility index (Phi) is 5.13. The van der Waals surface area contributed by atoms with Crippen LogP contribution in [0, 0.1) is 0 Å². The number of H-pyrrole nitrogens is 1. The molecule has 15 heteroatoms. The second-order valence-electron chi connectivity index (χ2n) is 6.14. The Morgan fingerprint density at radius 2 is 2.04 bits per heavy atom. The normalized spacial score (nSPS) is 30.5. The molecule has 154 valence electrons. The van der Waals surface area contributed by atoms with Crippen molar-refractivity contribution in [1.29, 1.82) is 0 Å². The van der Waals surface area contributed by atoms with Crippen molar-refractivity contribution in [2.75, 3.05) is 6.54 Å². The zero-order chi connectivity index (χ0) is 21.2. The zero-order valence-electron chi connectivity index (χ0n) is 13.4. The molecule has 1 aromatic rings. The van der Waals surface area contributed by atoms with E-state index in [4.69, 9.17) is 27.2 Å². The Morgan fingerprint density at radius 3 is 2.57 bits per heavy atom. The smallest absolute Gasteiger partial charge is 0.430 e. The van der Waals surface area contributed by atoms with Crippen LogP contribution in [0.5, 0.6) is 0 Å². The molecule has 6 N–H and O–H groups in total. The first-order chi connectivity index (χ1) is 12.8. The van der Waals surface area contributed by atoms with Gasteiger partial charge in [0.15, 0.2) is 6.04 Å². The summed E-state index contributed by atoms with van der Waals surface area (Å²) in [5, 5.41) is 21.8. The third-order valence-corrected chi connectivity index (χ3v) is 6.91. The number of rotatable bonds is 0. The van der Waals surface area contributed by atoms with Crippen molar-refractivity contribution in [1.82, 2.24) is 15.2 Å². The average Bonchev–Trinajstić information content (AvgIpc) is 3.16. The number of hydrogen-bond acceptors (Lipinski definition) is 6. The van der Waals surface area contributed by atoms with Gasteiger partial charge in [0.05, 0.1) is 14.5 Å². The average molecular weight is 554 g/mol. The molecule has 0 aliphatic carbocycles. The number of aromatic amines is 1. The van der Waals surface area contributed by atoms with Gasteiger partial charge in [-0.05, 0) is 31.9 Å². The number of carboxylic acids is 1. The minimum Gasteiger partial charge on any atom is -0.542 e. The lowest BCUT2D eigenvalue weighted by molar-refractivity contribution is -0.517. The molecular weight excluding hydrogens is 542 g/mol. The van der Waals surface area contributed by atoms with Gasteiger partial charge < -0.3 is 20.0 Å². The van der Waals surface area contributed by atoms with Crippen LogP contribution in [0.4, 0.5) is 13.2 Å². The van der Waals surface area contributed by atoms with E-state index in [0.717, 1.165) is 10.0 Å². The number of aliphatic carboxylic acids is 1. The molecule has 0 bridgehead atoms. The Hall–Kier alpha value is -1.51. The summed E-state index contributed by atoms with van der Waals surface area (Å²) in [5.41, 5.74) is 5.99. The molecule has 2 unspecified atom stereocenters. The van der Waals surface area contributed by atoms with E-state index in [0.29, 0.717) is 16.3 Å². The van der Waals surface area contributed by atoms with E-state index in [1.54, 1.807) is 4.90 Å². The fourth-order valence-corrected chi connectivity index (χ4v) is 4.76. The predicted molar refractivity (Wildman–Crippen MR) is 92.7 cm³/mol. The van der Waals surface area contributed by atoms with Gasteiger partial charge in [-0.15, -0.1) is 11.6 Å². The molecule has 3 aliphatic rings. The van der Waals surface area contributed by atoms with Crippen LogP contribution in [0.1, 0.15) is 22.1 Å². The number of carbonyl (C=O) groups is 2. The van der Waals surface area contributed by atoms with E-state index in [2.05, 4.69) is 47.2 Å². The maximum absolute atomic E-state index is 12.8. The number of hydrogen-bond donors (Lipinski definition) is 5. The molecule has 3 aliphatic heterocycles. The van der Waals surface area contributed by atoms with Gasteiger partial charge in [-0.25, -0.2) is 5.32 Å². The highest BCUT2D eigenvalue weighted by atomic mass is 79.9. The number of nitrogens with two attached hydrogens (primary N) is 1. The molecule has 1 fully saturated rings. The lowest BCUT2D eigenvalue weighted by atomic mass is 9.86. The van der Waals surface area contributed by atoms with E-state index in [1.165, 1.54) is 0 Å². The van der Waals surface area contributed by atoms with Crippen LogP contribution < -0.4 is 21.1 Å². The number of nitrogens with one attached hydrogen (secondary N) is 3. The van der Waals surface area contributed by atoms with Gasteiger partial charge in [0, 0.05) is 12.1 Å². The van der Waals surface area contributed by atoms with Crippen LogP contribution in [-0.4, -0.2) is 62.7 Å². The van der Waals surface area contributed by atoms with Crippen molar-refractivity contribution in [2.45, 2.75) is 29.4 Å². The van der Waals surface area contributed by atoms with E-state index in [-0.39, 0.29) is 12.5 Å². The van der Waals surface area contributed by atoms with Gasteiger partial charge in [0.1, 0.15) is 17.8 Å². The second-order valence-corrected chi connectivity index (χ2v) is 8.29. The molecule has 0 aromatic carbocycles. The number of guanidine groups is 1. The minimum absolute atomic E-state index is 0.223. The SMILES string of the molecule is NC1=[NH+]C2c3c([nH]c(Br)c3Br)C(=O)N3C[C@H](Cl)[C@H](O)C23N1.O=C([O-])C(F)(F)F. The lowest BCUT2D eigenvalue weighted by Gasteiger charge is -2.40.